The van der Waals surface area contributed by atoms with Gasteiger partial charge < -0.3 is 15.2 Å². The number of imidazole rings is 1. The minimum absolute atomic E-state index is 0.209. The average Bonchev–Trinajstić information content (AvgIpc) is 3.19. The zero-order chi connectivity index (χ0) is 15.6. The van der Waals surface area contributed by atoms with E-state index in [9.17, 15) is 4.39 Å². The summed E-state index contributed by atoms with van der Waals surface area (Å²) in [6.07, 6.45) is 1.10. The lowest BCUT2D eigenvalue weighted by Crippen LogP contribution is -2.24. The Hall–Kier alpha value is -2.40. The van der Waals surface area contributed by atoms with Crippen LogP contribution in [-0.4, -0.2) is 28.7 Å². The van der Waals surface area contributed by atoms with Gasteiger partial charge in [0.1, 0.15) is 5.82 Å². The molecule has 4 nitrogen and oxygen atoms in total. The molecule has 1 aliphatic heterocycles. The number of anilines is 1. The molecule has 1 saturated heterocycles. The average molecular weight is 310 g/mol. The molecule has 5 heteroatoms. The molecule has 1 unspecified atom stereocenters. The standard InChI is InChI=1S/C18H19FN4/c19-14-7-5-13(6-8-14)12-23-17-4-2-1-3-16(17)22-18(23)21-15-9-10-20-11-15/h1-8,15,20H,9-12H2,(H,21,22). The molecule has 1 aromatic heterocycles. The fourth-order valence-corrected chi connectivity index (χ4v) is 3.08. The molecular weight excluding hydrogens is 291 g/mol. The van der Waals surface area contributed by atoms with Gasteiger partial charge in [-0.05, 0) is 42.8 Å². The smallest absolute Gasteiger partial charge is 0.204 e. The molecule has 1 aliphatic rings. The molecule has 0 aliphatic carbocycles. The third-order valence-corrected chi connectivity index (χ3v) is 4.30. The maximum atomic E-state index is 13.1. The molecule has 1 fully saturated rings. The Kier molecular flexibility index (Phi) is 3.71. The summed E-state index contributed by atoms with van der Waals surface area (Å²) in [6.45, 7) is 2.67. The molecule has 1 atom stereocenters. The number of para-hydroxylation sites is 2. The number of fused-ring (bicyclic) bond motifs is 1. The molecule has 3 aromatic rings. The number of rotatable bonds is 4. The number of halogens is 1. The van der Waals surface area contributed by atoms with Gasteiger partial charge in [0.05, 0.1) is 17.6 Å². The van der Waals surface area contributed by atoms with Crippen molar-refractivity contribution in [1.82, 2.24) is 14.9 Å². The Morgan fingerprint density at radius 1 is 1.17 bits per heavy atom. The quantitative estimate of drug-likeness (QED) is 0.778. The van der Waals surface area contributed by atoms with Gasteiger partial charge in [0, 0.05) is 12.6 Å². The lowest BCUT2D eigenvalue weighted by atomic mass is 10.2. The second-order valence-corrected chi connectivity index (χ2v) is 5.97. The van der Waals surface area contributed by atoms with Crippen LogP contribution in [0.3, 0.4) is 0 Å². The minimum Gasteiger partial charge on any atom is -0.352 e. The number of aromatic nitrogens is 2. The van der Waals surface area contributed by atoms with E-state index in [0.717, 1.165) is 42.1 Å². The lowest BCUT2D eigenvalue weighted by molar-refractivity contribution is 0.626. The number of hydrogen-bond donors (Lipinski definition) is 2. The van der Waals surface area contributed by atoms with E-state index in [1.54, 1.807) is 0 Å². The van der Waals surface area contributed by atoms with E-state index >= 15 is 0 Å². The van der Waals surface area contributed by atoms with Crippen molar-refractivity contribution in [2.24, 2.45) is 0 Å². The summed E-state index contributed by atoms with van der Waals surface area (Å²) in [4.78, 5) is 4.74. The van der Waals surface area contributed by atoms with Gasteiger partial charge in [-0.3, -0.25) is 0 Å². The molecule has 23 heavy (non-hydrogen) atoms. The van der Waals surface area contributed by atoms with E-state index in [1.807, 2.05) is 30.3 Å². The van der Waals surface area contributed by atoms with E-state index in [-0.39, 0.29) is 5.82 Å². The largest absolute Gasteiger partial charge is 0.352 e. The monoisotopic (exact) mass is 310 g/mol. The summed E-state index contributed by atoms with van der Waals surface area (Å²) in [6, 6.07) is 15.2. The van der Waals surface area contributed by atoms with Crippen molar-refractivity contribution in [3.8, 4) is 0 Å². The lowest BCUT2D eigenvalue weighted by Gasteiger charge is -2.15. The van der Waals surface area contributed by atoms with Gasteiger partial charge in [-0.1, -0.05) is 24.3 Å². The van der Waals surface area contributed by atoms with Crippen molar-refractivity contribution >= 4 is 17.0 Å². The molecule has 2 aromatic carbocycles. The van der Waals surface area contributed by atoms with Crippen LogP contribution in [0.4, 0.5) is 10.3 Å². The summed E-state index contributed by atoms with van der Waals surface area (Å²) in [5.74, 6) is 0.670. The summed E-state index contributed by atoms with van der Waals surface area (Å²) in [7, 11) is 0. The topological polar surface area (TPSA) is 41.9 Å². The van der Waals surface area contributed by atoms with Gasteiger partial charge in [0.2, 0.25) is 5.95 Å². The molecule has 0 radical (unpaired) electrons. The van der Waals surface area contributed by atoms with Gasteiger partial charge in [-0.25, -0.2) is 9.37 Å². The van der Waals surface area contributed by atoms with Crippen molar-refractivity contribution in [3.05, 3.63) is 59.9 Å². The van der Waals surface area contributed by atoms with Crippen molar-refractivity contribution in [2.75, 3.05) is 18.4 Å². The van der Waals surface area contributed by atoms with E-state index < -0.39 is 0 Å². The van der Waals surface area contributed by atoms with Crippen LogP contribution in [0.2, 0.25) is 0 Å². The van der Waals surface area contributed by atoms with Gasteiger partial charge in [0.15, 0.2) is 0 Å². The second kappa shape index (κ2) is 6.01. The fraction of sp³-hybridized carbons (Fsp3) is 0.278. The molecule has 2 heterocycles. The third-order valence-electron chi connectivity index (χ3n) is 4.30. The molecule has 0 saturated carbocycles. The molecule has 0 amide bonds. The molecule has 2 N–H and O–H groups in total. The van der Waals surface area contributed by atoms with Crippen molar-refractivity contribution in [3.63, 3.8) is 0 Å². The maximum Gasteiger partial charge on any atom is 0.204 e. The first-order valence-corrected chi connectivity index (χ1v) is 7.96. The SMILES string of the molecule is Fc1ccc(Cn2c(NC3CCNC3)nc3ccccc32)cc1. The second-order valence-electron chi connectivity index (χ2n) is 5.97. The van der Waals surface area contributed by atoms with Crippen molar-refractivity contribution in [2.45, 2.75) is 19.0 Å². The Bertz CT molecular complexity index is 804. The van der Waals surface area contributed by atoms with Gasteiger partial charge >= 0.3 is 0 Å². The maximum absolute atomic E-state index is 13.1. The number of nitrogens with one attached hydrogen (secondary N) is 2. The summed E-state index contributed by atoms with van der Waals surface area (Å²) < 4.78 is 15.3. The van der Waals surface area contributed by atoms with E-state index in [0.29, 0.717) is 12.6 Å². The van der Waals surface area contributed by atoms with Crippen molar-refractivity contribution < 1.29 is 4.39 Å². The zero-order valence-corrected chi connectivity index (χ0v) is 12.8. The highest BCUT2D eigenvalue weighted by Gasteiger charge is 2.18. The molecule has 118 valence electrons. The van der Waals surface area contributed by atoms with Gasteiger partial charge in [-0.15, -0.1) is 0 Å². The van der Waals surface area contributed by atoms with E-state index in [4.69, 9.17) is 4.98 Å². The summed E-state index contributed by atoms with van der Waals surface area (Å²) >= 11 is 0. The number of benzene rings is 2. The predicted octanol–water partition coefficient (Wildman–Crippen LogP) is 3.00. The number of hydrogen-bond acceptors (Lipinski definition) is 3. The van der Waals surface area contributed by atoms with Crippen LogP contribution >= 0.6 is 0 Å². The van der Waals surface area contributed by atoms with Crippen LogP contribution in [0.1, 0.15) is 12.0 Å². The van der Waals surface area contributed by atoms with Crippen LogP contribution in [0.15, 0.2) is 48.5 Å². The Morgan fingerprint density at radius 3 is 2.78 bits per heavy atom. The molecule has 0 spiro atoms. The first-order valence-electron chi connectivity index (χ1n) is 7.96. The Morgan fingerprint density at radius 2 is 2.00 bits per heavy atom. The third kappa shape index (κ3) is 2.92. The Balaban J connectivity index is 1.71. The first-order chi connectivity index (χ1) is 11.3. The minimum atomic E-state index is -0.209. The highest BCUT2D eigenvalue weighted by Crippen LogP contribution is 2.22. The molecule has 4 rings (SSSR count). The predicted molar refractivity (Wildman–Crippen MR) is 90.1 cm³/mol. The number of nitrogens with zero attached hydrogens (tertiary/aromatic N) is 2. The van der Waals surface area contributed by atoms with E-state index in [1.165, 1.54) is 12.1 Å². The van der Waals surface area contributed by atoms with Crippen molar-refractivity contribution in [1.29, 1.82) is 0 Å². The van der Waals surface area contributed by atoms with E-state index in [2.05, 4.69) is 21.3 Å². The van der Waals surface area contributed by atoms with Gasteiger partial charge in [-0.2, -0.15) is 0 Å². The van der Waals surface area contributed by atoms with Crippen LogP contribution in [0, 0.1) is 5.82 Å². The van der Waals surface area contributed by atoms with Crippen LogP contribution in [0.5, 0.6) is 0 Å². The summed E-state index contributed by atoms with van der Waals surface area (Å²) in [5, 5.41) is 6.91. The first kappa shape index (κ1) is 14.2. The Labute approximate surface area is 134 Å². The van der Waals surface area contributed by atoms with Crippen LogP contribution < -0.4 is 10.6 Å². The summed E-state index contributed by atoms with van der Waals surface area (Å²) in [5.41, 5.74) is 3.12. The zero-order valence-electron chi connectivity index (χ0n) is 12.8. The van der Waals surface area contributed by atoms with Crippen LogP contribution in [-0.2, 0) is 6.54 Å². The normalized spacial score (nSPS) is 17.7. The fourth-order valence-electron chi connectivity index (χ4n) is 3.08. The van der Waals surface area contributed by atoms with Crippen LogP contribution in [0.25, 0.3) is 11.0 Å². The molecule has 0 bridgehead atoms. The van der Waals surface area contributed by atoms with Gasteiger partial charge in [0.25, 0.3) is 0 Å². The highest BCUT2D eigenvalue weighted by molar-refractivity contribution is 5.78. The molecular formula is C18H19FN4. The highest BCUT2D eigenvalue weighted by atomic mass is 19.1.